The van der Waals surface area contributed by atoms with E-state index in [9.17, 15) is 9.90 Å². The largest absolute Gasteiger partial charge is 0.508 e. The summed E-state index contributed by atoms with van der Waals surface area (Å²) in [5, 5.41) is 12.0. The van der Waals surface area contributed by atoms with Crippen molar-refractivity contribution in [2.75, 3.05) is 13.1 Å². The fourth-order valence-electron chi connectivity index (χ4n) is 1.11. The lowest BCUT2D eigenvalue weighted by Crippen LogP contribution is -2.30. The van der Waals surface area contributed by atoms with Gasteiger partial charge < -0.3 is 16.2 Å². The summed E-state index contributed by atoms with van der Waals surface area (Å²) in [6, 6.07) is 6.78. The van der Waals surface area contributed by atoms with Crippen LogP contribution in [0.1, 0.15) is 5.56 Å². The first kappa shape index (κ1) is 10.5. The summed E-state index contributed by atoms with van der Waals surface area (Å²) in [4.78, 5) is 11.2. The molecular formula is C10H14N2O2. The van der Waals surface area contributed by atoms with Crippen molar-refractivity contribution in [3.8, 4) is 5.75 Å². The minimum Gasteiger partial charge on any atom is -0.508 e. The average Bonchev–Trinajstić information content (AvgIpc) is 2.18. The molecule has 14 heavy (non-hydrogen) atoms. The van der Waals surface area contributed by atoms with Gasteiger partial charge in [-0.15, -0.1) is 0 Å². The van der Waals surface area contributed by atoms with Crippen molar-refractivity contribution in [1.82, 2.24) is 5.32 Å². The van der Waals surface area contributed by atoms with Crippen LogP contribution in [0.2, 0.25) is 0 Å². The van der Waals surface area contributed by atoms with Gasteiger partial charge in [-0.1, -0.05) is 18.2 Å². The van der Waals surface area contributed by atoms with E-state index in [1.807, 2.05) is 0 Å². The van der Waals surface area contributed by atoms with E-state index in [1.165, 1.54) is 0 Å². The van der Waals surface area contributed by atoms with Gasteiger partial charge in [0.1, 0.15) is 5.75 Å². The fraction of sp³-hybridized carbons (Fsp3) is 0.300. The number of nitrogens with two attached hydrogens (primary N) is 1. The Bertz CT molecular complexity index is 313. The Morgan fingerprint density at radius 3 is 2.79 bits per heavy atom. The molecule has 1 aromatic carbocycles. The normalized spacial score (nSPS) is 9.79. The molecule has 0 aromatic heterocycles. The molecule has 0 aliphatic heterocycles. The number of carbonyl (C=O) groups excluding carboxylic acids is 1. The number of benzene rings is 1. The van der Waals surface area contributed by atoms with E-state index in [0.29, 0.717) is 18.7 Å². The molecule has 0 fully saturated rings. The van der Waals surface area contributed by atoms with Crippen molar-refractivity contribution in [2.24, 2.45) is 5.73 Å². The van der Waals surface area contributed by atoms with E-state index >= 15 is 0 Å². The SMILES string of the molecule is NCCNC(=O)Cc1ccccc1O. The molecule has 0 unspecified atom stereocenters. The van der Waals surface area contributed by atoms with Crippen LogP contribution in [0.3, 0.4) is 0 Å². The van der Waals surface area contributed by atoms with Crippen molar-refractivity contribution in [2.45, 2.75) is 6.42 Å². The summed E-state index contributed by atoms with van der Waals surface area (Å²) in [5.74, 6) is 0.0207. The van der Waals surface area contributed by atoms with E-state index in [4.69, 9.17) is 5.73 Å². The van der Waals surface area contributed by atoms with E-state index in [-0.39, 0.29) is 18.1 Å². The molecule has 0 spiro atoms. The van der Waals surface area contributed by atoms with Crippen LogP contribution in [0, 0.1) is 0 Å². The van der Waals surface area contributed by atoms with Gasteiger partial charge in [0.25, 0.3) is 0 Å². The smallest absolute Gasteiger partial charge is 0.224 e. The first-order valence-corrected chi connectivity index (χ1v) is 4.47. The second-order valence-corrected chi connectivity index (χ2v) is 2.94. The molecule has 0 radical (unpaired) electrons. The fourth-order valence-corrected chi connectivity index (χ4v) is 1.11. The van der Waals surface area contributed by atoms with Crippen LogP contribution in [0.5, 0.6) is 5.75 Å². The number of phenols is 1. The number of hydrogen-bond acceptors (Lipinski definition) is 3. The maximum atomic E-state index is 11.2. The van der Waals surface area contributed by atoms with Gasteiger partial charge in [-0.3, -0.25) is 4.79 Å². The molecule has 1 aromatic rings. The zero-order valence-electron chi connectivity index (χ0n) is 7.86. The van der Waals surface area contributed by atoms with Gasteiger partial charge in [0.15, 0.2) is 0 Å². The molecule has 1 amide bonds. The lowest BCUT2D eigenvalue weighted by Gasteiger charge is -2.04. The zero-order chi connectivity index (χ0) is 10.4. The predicted molar refractivity (Wildman–Crippen MR) is 53.9 cm³/mol. The number of rotatable bonds is 4. The lowest BCUT2D eigenvalue weighted by molar-refractivity contribution is -0.120. The number of hydrogen-bond donors (Lipinski definition) is 3. The second kappa shape index (κ2) is 5.24. The van der Waals surface area contributed by atoms with E-state index in [0.717, 1.165) is 0 Å². The molecule has 4 heteroatoms. The Kier molecular flexibility index (Phi) is 3.94. The van der Waals surface area contributed by atoms with Crippen LogP contribution in [-0.2, 0) is 11.2 Å². The van der Waals surface area contributed by atoms with E-state index in [1.54, 1.807) is 24.3 Å². The standard InChI is InChI=1S/C10H14N2O2/c11-5-6-12-10(14)7-8-3-1-2-4-9(8)13/h1-4,13H,5-7,11H2,(H,12,14). The molecule has 0 aliphatic rings. The summed E-state index contributed by atoms with van der Waals surface area (Å²) < 4.78 is 0. The summed E-state index contributed by atoms with van der Waals surface area (Å²) in [6.45, 7) is 0.888. The molecule has 4 N–H and O–H groups in total. The molecule has 4 nitrogen and oxygen atoms in total. The van der Waals surface area contributed by atoms with Crippen LogP contribution in [0.4, 0.5) is 0 Å². The number of amides is 1. The zero-order valence-corrected chi connectivity index (χ0v) is 7.86. The highest BCUT2D eigenvalue weighted by Crippen LogP contribution is 2.15. The van der Waals surface area contributed by atoms with Gasteiger partial charge in [-0.2, -0.15) is 0 Å². The van der Waals surface area contributed by atoms with Crippen molar-refractivity contribution in [3.63, 3.8) is 0 Å². The van der Waals surface area contributed by atoms with Crippen LogP contribution >= 0.6 is 0 Å². The highest BCUT2D eigenvalue weighted by Gasteiger charge is 2.05. The molecule has 0 aliphatic carbocycles. The molecule has 0 saturated carbocycles. The number of nitrogens with one attached hydrogen (secondary N) is 1. The molecule has 0 bridgehead atoms. The second-order valence-electron chi connectivity index (χ2n) is 2.94. The summed E-state index contributed by atoms with van der Waals surface area (Å²) >= 11 is 0. The third-order valence-electron chi connectivity index (χ3n) is 1.81. The third kappa shape index (κ3) is 3.06. The van der Waals surface area contributed by atoms with Gasteiger partial charge in [0, 0.05) is 18.7 Å². The van der Waals surface area contributed by atoms with Crippen LogP contribution in [0.15, 0.2) is 24.3 Å². The van der Waals surface area contributed by atoms with Crippen LogP contribution in [0.25, 0.3) is 0 Å². The molecular weight excluding hydrogens is 180 g/mol. The van der Waals surface area contributed by atoms with Crippen molar-refractivity contribution >= 4 is 5.91 Å². The number of phenolic OH excluding ortho intramolecular Hbond substituents is 1. The number of para-hydroxylation sites is 1. The summed E-state index contributed by atoms with van der Waals surface area (Å²) in [5.41, 5.74) is 5.86. The summed E-state index contributed by atoms with van der Waals surface area (Å²) in [7, 11) is 0. The minimum absolute atomic E-state index is 0.128. The Labute approximate surface area is 82.7 Å². The highest BCUT2D eigenvalue weighted by molar-refractivity contribution is 5.79. The maximum Gasteiger partial charge on any atom is 0.224 e. The topological polar surface area (TPSA) is 75.3 Å². The lowest BCUT2D eigenvalue weighted by atomic mass is 10.1. The average molecular weight is 194 g/mol. The first-order chi connectivity index (χ1) is 6.74. The van der Waals surface area contributed by atoms with Crippen molar-refractivity contribution in [1.29, 1.82) is 0 Å². The molecule has 0 atom stereocenters. The molecule has 76 valence electrons. The van der Waals surface area contributed by atoms with Gasteiger partial charge in [-0.25, -0.2) is 0 Å². The highest BCUT2D eigenvalue weighted by atomic mass is 16.3. The Morgan fingerprint density at radius 2 is 2.14 bits per heavy atom. The van der Waals surface area contributed by atoms with Crippen molar-refractivity contribution < 1.29 is 9.90 Å². The van der Waals surface area contributed by atoms with Gasteiger partial charge >= 0.3 is 0 Å². The molecule has 0 saturated heterocycles. The summed E-state index contributed by atoms with van der Waals surface area (Å²) in [6.07, 6.45) is 0.187. The number of carbonyl (C=O) groups is 1. The van der Waals surface area contributed by atoms with Gasteiger partial charge in [-0.05, 0) is 6.07 Å². The molecule has 1 rings (SSSR count). The minimum atomic E-state index is -0.128. The molecule has 0 heterocycles. The number of aromatic hydroxyl groups is 1. The van der Waals surface area contributed by atoms with Gasteiger partial charge in [0.2, 0.25) is 5.91 Å². The Balaban J connectivity index is 2.52. The quantitative estimate of drug-likeness (QED) is 0.632. The Hall–Kier alpha value is -1.55. The van der Waals surface area contributed by atoms with Crippen molar-refractivity contribution in [3.05, 3.63) is 29.8 Å². The first-order valence-electron chi connectivity index (χ1n) is 4.47. The Morgan fingerprint density at radius 1 is 1.43 bits per heavy atom. The predicted octanol–water partition coefficient (Wildman–Crippen LogP) is 0.00960. The van der Waals surface area contributed by atoms with Crippen LogP contribution in [-0.4, -0.2) is 24.1 Å². The van der Waals surface area contributed by atoms with Gasteiger partial charge in [0.05, 0.1) is 6.42 Å². The monoisotopic (exact) mass is 194 g/mol. The third-order valence-corrected chi connectivity index (χ3v) is 1.81. The van der Waals surface area contributed by atoms with E-state index < -0.39 is 0 Å². The maximum absolute atomic E-state index is 11.2. The van der Waals surface area contributed by atoms with Crippen LogP contribution < -0.4 is 11.1 Å². The van der Waals surface area contributed by atoms with E-state index in [2.05, 4.69) is 5.32 Å².